The molecule has 0 aromatic carbocycles. The summed E-state index contributed by atoms with van der Waals surface area (Å²) in [4.78, 5) is 11.5. The molecule has 1 atom stereocenters. The molecule has 1 aliphatic carbocycles. The highest BCUT2D eigenvalue weighted by atomic mass is 35.5. The second kappa shape index (κ2) is 8.73. The van der Waals surface area contributed by atoms with Crippen LogP contribution < -0.4 is 11.1 Å². The first-order chi connectivity index (χ1) is 8.09. The monoisotopic (exact) mass is 278 g/mol. The number of hydrogen-bond acceptors (Lipinski definition) is 3. The molecule has 0 saturated heterocycles. The van der Waals surface area contributed by atoms with Gasteiger partial charge in [0.25, 0.3) is 0 Å². The lowest BCUT2D eigenvalue weighted by Crippen LogP contribution is -2.49. The van der Waals surface area contributed by atoms with Gasteiger partial charge < -0.3 is 15.8 Å². The van der Waals surface area contributed by atoms with Crippen LogP contribution in [0.1, 0.15) is 52.4 Å². The van der Waals surface area contributed by atoms with Gasteiger partial charge in [-0.1, -0.05) is 26.2 Å². The van der Waals surface area contributed by atoms with E-state index in [1.165, 1.54) is 19.3 Å². The Kier molecular flexibility index (Phi) is 8.57. The van der Waals surface area contributed by atoms with Crippen LogP contribution in [0.25, 0.3) is 0 Å². The standard InChI is InChI=1S/C13H26N2O2.ClH/c1-3-9-17-13(7-5-4-6-8-13)10-15-12(16)11(2)14;/h11H,3-10,14H2,1-2H3,(H,15,16);1H/t11-;/m0./s1. The number of amides is 1. The van der Waals surface area contributed by atoms with Gasteiger partial charge in [-0.25, -0.2) is 0 Å². The molecule has 108 valence electrons. The van der Waals surface area contributed by atoms with Crippen molar-refractivity contribution in [3.8, 4) is 0 Å². The van der Waals surface area contributed by atoms with E-state index in [0.717, 1.165) is 25.9 Å². The van der Waals surface area contributed by atoms with Gasteiger partial charge in [0.15, 0.2) is 0 Å². The van der Waals surface area contributed by atoms with Crippen LogP contribution in [0.2, 0.25) is 0 Å². The summed E-state index contributed by atoms with van der Waals surface area (Å²) in [6, 6.07) is -0.443. The normalized spacial score (nSPS) is 19.7. The predicted octanol–water partition coefficient (Wildman–Crippen LogP) is 2.00. The molecular weight excluding hydrogens is 252 g/mol. The molecule has 1 rings (SSSR count). The van der Waals surface area contributed by atoms with Crippen LogP contribution in [0, 0.1) is 0 Å². The maximum Gasteiger partial charge on any atom is 0.236 e. The van der Waals surface area contributed by atoms with Crippen molar-refractivity contribution in [2.45, 2.75) is 64.0 Å². The van der Waals surface area contributed by atoms with Crippen LogP contribution in [0.5, 0.6) is 0 Å². The molecule has 1 saturated carbocycles. The van der Waals surface area contributed by atoms with Crippen molar-refractivity contribution in [1.82, 2.24) is 5.32 Å². The Morgan fingerprint density at radius 3 is 2.50 bits per heavy atom. The molecule has 3 N–H and O–H groups in total. The zero-order valence-electron chi connectivity index (χ0n) is 11.5. The molecule has 0 spiro atoms. The van der Waals surface area contributed by atoms with Crippen molar-refractivity contribution >= 4 is 18.3 Å². The molecule has 0 radical (unpaired) electrons. The highest BCUT2D eigenvalue weighted by Crippen LogP contribution is 2.31. The summed E-state index contributed by atoms with van der Waals surface area (Å²) < 4.78 is 5.99. The van der Waals surface area contributed by atoms with E-state index >= 15 is 0 Å². The van der Waals surface area contributed by atoms with Crippen molar-refractivity contribution in [3.63, 3.8) is 0 Å². The Bertz CT molecular complexity index is 241. The maximum atomic E-state index is 11.5. The smallest absolute Gasteiger partial charge is 0.236 e. The number of carbonyl (C=O) groups excluding carboxylic acids is 1. The summed E-state index contributed by atoms with van der Waals surface area (Å²) in [6.45, 7) is 5.19. The lowest BCUT2D eigenvalue weighted by atomic mass is 9.84. The summed E-state index contributed by atoms with van der Waals surface area (Å²) in [7, 11) is 0. The number of ether oxygens (including phenoxy) is 1. The van der Waals surface area contributed by atoms with Crippen LogP contribution in [0.15, 0.2) is 0 Å². The number of halogens is 1. The minimum Gasteiger partial charge on any atom is -0.373 e. The van der Waals surface area contributed by atoms with Gasteiger partial charge in [0.1, 0.15) is 0 Å². The Balaban J connectivity index is 0.00000289. The molecule has 0 aromatic rings. The number of nitrogens with one attached hydrogen (secondary N) is 1. The van der Waals surface area contributed by atoms with Crippen LogP contribution in [-0.4, -0.2) is 30.7 Å². The molecule has 0 unspecified atom stereocenters. The van der Waals surface area contributed by atoms with E-state index in [-0.39, 0.29) is 23.9 Å². The molecule has 0 heterocycles. The Morgan fingerprint density at radius 2 is 2.00 bits per heavy atom. The summed E-state index contributed by atoms with van der Waals surface area (Å²) in [5.41, 5.74) is 5.40. The quantitative estimate of drug-likeness (QED) is 0.781. The van der Waals surface area contributed by atoms with E-state index in [1.807, 2.05) is 0 Å². The first kappa shape index (κ1) is 17.7. The van der Waals surface area contributed by atoms with E-state index < -0.39 is 6.04 Å². The fourth-order valence-corrected chi connectivity index (χ4v) is 2.30. The van der Waals surface area contributed by atoms with E-state index in [9.17, 15) is 4.79 Å². The van der Waals surface area contributed by atoms with Gasteiger partial charge in [-0.3, -0.25) is 4.79 Å². The molecule has 0 aromatic heterocycles. The summed E-state index contributed by atoms with van der Waals surface area (Å²) in [6.07, 6.45) is 6.77. The van der Waals surface area contributed by atoms with E-state index in [2.05, 4.69) is 12.2 Å². The lowest BCUT2D eigenvalue weighted by Gasteiger charge is -2.37. The van der Waals surface area contributed by atoms with Gasteiger partial charge in [-0.05, 0) is 26.2 Å². The molecule has 4 nitrogen and oxygen atoms in total. The molecule has 1 fully saturated rings. The molecule has 0 bridgehead atoms. The van der Waals surface area contributed by atoms with Crippen LogP contribution in [0.4, 0.5) is 0 Å². The highest BCUT2D eigenvalue weighted by Gasteiger charge is 2.33. The molecular formula is C13H27ClN2O2. The Morgan fingerprint density at radius 1 is 1.39 bits per heavy atom. The molecule has 1 aliphatic rings. The average molecular weight is 279 g/mol. The fourth-order valence-electron chi connectivity index (χ4n) is 2.30. The van der Waals surface area contributed by atoms with Gasteiger partial charge in [-0.15, -0.1) is 12.4 Å². The van der Waals surface area contributed by atoms with E-state index in [0.29, 0.717) is 6.54 Å². The molecule has 5 heteroatoms. The fraction of sp³-hybridized carbons (Fsp3) is 0.923. The second-order valence-corrected chi connectivity index (χ2v) is 5.10. The minimum absolute atomic E-state index is 0. The number of nitrogens with two attached hydrogens (primary N) is 1. The predicted molar refractivity (Wildman–Crippen MR) is 76.0 cm³/mol. The van der Waals surface area contributed by atoms with Gasteiger partial charge >= 0.3 is 0 Å². The van der Waals surface area contributed by atoms with Crippen LogP contribution >= 0.6 is 12.4 Å². The van der Waals surface area contributed by atoms with Crippen molar-refractivity contribution < 1.29 is 9.53 Å². The van der Waals surface area contributed by atoms with Crippen molar-refractivity contribution in [3.05, 3.63) is 0 Å². The third-order valence-corrected chi connectivity index (χ3v) is 3.38. The third kappa shape index (κ3) is 5.55. The van der Waals surface area contributed by atoms with Crippen LogP contribution in [0.3, 0.4) is 0 Å². The van der Waals surface area contributed by atoms with Crippen molar-refractivity contribution in [1.29, 1.82) is 0 Å². The second-order valence-electron chi connectivity index (χ2n) is 5.10. The van der Waals surface area contributed by atoms with Gasteiger partial charge in [-0.2, -0.15) is 0 Å². The Hall–Kier alpha value is -0.320. The first-order valence-corrected chi connectivity index (χ1v) is 6.77. The molecule has 0 aliphatic heterocycles. The third-order valence-electron chi connectivity index (χ3n) is 3.38. The number of rotatable bonds is 6. The maximum absolute atomic E-state index is 11.5. The average Bonchev–Trinajstić information content (AvgIpc) is 2.34. The van der Waals surface area contributed by atoms with E-state index in [4.69, 9.17) is 10.5 Å². The SMILES string of the molecule is CCCOC1(CNC(=O)[C@H](C)N)CCCCC1.Cl. The zero-order chi connectivity index (χ0) is 12.7. The van der Waals surface area contributed by atoms with Gasteiger partial charge in [0.2, 0.25) is 5.91 Å². The summed E-state index contributed by atoms with van der Waals surface area (Å²) >= 11 is 0. The zero-order valence-corrected chi connectivity index (χ0v) is 12.4. The van der Waals surface area contributed by atoms with Crippen molar-refractivity contribution in [2.75, 3.05) is 13.2 Å². The molecule has 1 amide bonds. The number of hydrogen-bond donors (Lipinski definition) is 2. The lowest BCUT2D eigenvalue weighted by molar-refractivity contribution is -0.125. The largest absolute Gasteiger partial charge is 0.373 e. The van der Waals surface area contributed by atoms with Crippen molar-refractivity contribution in [2.24, 2.45) is 5.73 Å². The minimum atomic E-state index is -0.443. The summed E-state index contributed by atoms with van der Waals surface area (Å²) in [5, 5.41) is 2.91. The topological polar surface area (TPSA) is 64.3 Å². The highest BCUT2D eigenvalue weighted by molar-refractivity contribution is 5.85. The number of carbonyl (C=O) groups is 1. The first-order valence-electron chi connectivity index (χ1n) is 6.77. The summed E-state index contributed by atoms with van der Waals surface area (Å²) in [5.74, 6) is -0.0879. The van der Waals surface area contributed by atoms with Gasteiger partial charge in [0, 0.05) is 13.2 Å². The van der Waals surface area contributed by atoms with E-state index in [1.54, 1.807) is 6.92 Å². The Labute approximate surface area is 116 Å². The van der Waals surface area contributed by atoms with Crippen LogP contribution in [-0.2, 0) is 9.53 Å². The molecule has 18 heavy (non-hydrogen) atoms. The van der Waals surface area contributed by atoms with Gasteiger partial charge in [0.05, 0.1) is 11.6 Å².